The maximum Gasteiger partial charge on any atom is 0.227 e. The fourth-order valence-electron chi connectivity index (χ4n) is 4.62. The first kappa shape index (κ1) is 20.6. The second kappa shape index (κ2) is 9.89. The topological polar surface area (TPSA) is 87.4 Å². The van der Waals surface area contributed by atoms with Crippen molar-refractivity contribution in [1.82, 2.24) is 20.2 Å². The summed E-state index contributed by atoms with van der Waals surface area (Å²) in [4.78, 5) is 26.2. The Kier molecular flexibility index (Phi) is 6.79. The number of hydrogen-bond donors (Lipinski definition) is 2. The van der Waals surface area contributed by atoms with Crippen LogP contribution in [-0.4, -0.2) is 59.5 Å². The van der Waals surface area contributed by atoms with Gasteiger partial charge in [0.2, 0.25) is 11.9 Å². The highest BCUT2D eigenvalue weighted by Crippen LogP contribution is 2.25. The molecule has 4 rings (SSSR count). The van der Waals surface area contributed by atoms with Gasteiger partial charge in [-0.25, -0.2) is 4.98 Å². The standard InChI is InChI=1S/C23H32N6O/c24-21-9-13-26-23(27-21)28-15-10-20(11-16-28)29-14-4-7-19(17-29)22(30)25-12-8-18-5-2-1-3-6-18/h1-3,5-6,9,13,19-20H,4,7-8,10-12,14-17H2,(H,25,30)(H2,24,26,27)/t19-/m0/s1. The summed E-state index contributed by atoms with van der Waals surface area (Å²) >= 11 is 0. The summed E-state index contributed by atoms with van der Waals surface area (Å²) in [6.45, 7) is 4.53. The van der Waals surface area contributed by atoms with E-state index in [0.29, 0.717) is 18.4 Å². The largest absolute Gasteiger partial charge is 0.384 e. The zero-order chi connectivity index (χ0) is 20.8. The minimum atomic E-state index is 0.102. The highest BCUT2D eigenvalue weighted by molar-refractivity contribution is 5.79. The van der Waals surface area contributed by atoms with Crippen LogP contribution in [0.3, 0.4) is 0 Å². The van der Waals surface area contributed by atoms with Gasteiger partial charge >= 0.3 is 0 Å². The first-order chi connectivity index (χ1) is 14.7. The van der Waals surface area contributed by atoms with Gasteiger partial charge in [-0.1, -0.05) is 30.3 Å². The first-order valence-corrected chi connectivity index (χ1v) is 11.1. The van der Waals surface area contributed by atoms with Crippen molar-refractivity contribution in [2.45, 2.75) is 38.1 Å². The summed E-state index contributed by atoms with van der Waals surface area (Å²) < 4.78 is 0. The van der Waals surface area contributed by atoms with E-state index in [9.17, 15) is 4.79 Å². The van der Waals surface area contributed by atoms with E-state index in [1.165, 1.54) is 5.56 Å². The van der Waals surface area contributed by atoms with Crippen LogP contribution in [-0.2, 0) is 11.2 Å². The number of carbonyl (C=O) groups is 1. The Morgan fingerprint density at radius 1 is 1.10 bits per heavy atom. The zero-order valence-electron chi connectivity index (χ0n) is 17.5. The number of carbonyl (C=O) groups excluding carboxylic acids is 1. The SMILES string of the molecule is Nc1ccnc(N2CCC(N3CCC[C@H](C(=O)NCCc4ccccc4)C3)CC2)n1. The number of hydrogen-bond acceptors (Lipinski definition) is 6. The Bertz CT molecular complexity index is 821. The summed E-state index contributed by atoms with van der Waals surface area (Å²) in [6, 6.07) is 12.6. The Balaban J connectivity index is 1.23. The molecule has 1 aromatic carbocycles. The third-order valence-electron chi connectivity index (χ3n) is 6.31. The van der Waals surface area contributed by atoms with Crippen molar-refractivity contribution in [3.05, 3.63) is 48.2 Å². The summed E-state index contributed by atoms with van der Waals surface area (Å²) in [6.07, 6.45) is 6.82. The number of likely N-dealkylation sites (tertiary alicyclic amines) is 1. The van der Waals surface area contributed by atoms with Crippen molar-refractivity contribution >= 4 is 17.7 Å². The predicted octanol–water partition coefficient (Wildman–Crippen LogP) is 2.10. The van der Waals surface area contributed by atoms with Crippen LogP contribution in [0.25, 0.3) is 0 Å². The Morgan fingerprint density at radius 3 is 2.67 bits per heavy atom. The van der Waals surface area contributed by atoms with Crippen LogP contribution in [0.4, 0.5) is 11.8 Å². The van der Waals surface area contributed by atoms with Crippen molar-refractivity contribution < 1.29 is 4.79 Å². The minimum Gasteiger partial charge on any atom is -0.384 e. The second-order valence-corrected chi connectivity index (χ2v) is 8.36. The molecule has 1 amide bonds. The molecular weight excluding hydrogens is 376 g/mol. The van der Waals surface area contributed by atoms with Crippen molar-refractivity contribution in [2.24, 2.45) is 5.92 Å². The van der Waals surface area contributed by atoms with Gasteiger partial charge in [-0.05, 0) is 50.3 Å². The van der Waals surface area contributed by atoms with Gasteiger partial charge in [0, 0.05) is 38.4 Å². The van der Waals surface area contributed by atoms with E-state index < -0.39 is 0 Å². The number of nitrogen functional groups attached to an aromatic ring is 1. The van der Waals surface area contributed by atoms with Gasteiger partial charge in [0.25, 0.3) is 0 Å². The molecule has 1 atom stereocenters. The number of nitrogens with one attached hydrogen (secondary N) is 1. The summed E-state index contributed by atoms with van der Waals surface area (Å²) in [5, 5.41) is 3.16. The van der Waals surface area contributed by atoms with Gasteiger partial charge in [0.1, 0.15) is 5.82 Å². The van der Waals surface area contributed by atoms with Crippen LogP contribution in [0.5, 0.6) is 0 Å². The molecule has 160 valence electrons. The lowest BCUT2D eigenvalue weighted by molar-refractivity contribution is -0.127. The van der Waals surface area contributed by atoms with Crippen molar-refractivity contribution in [3.63, 3.8) is 0 Å². The Labute approximate surface area is 178 Å². The number of amides is 1. The van der Waals surface area contributed by atoms with Crippen LogP contribution in [0.1, 0.15) is 31.2 Å². The molecule has 0 spiro atoms. The van der Waals surface area contributed by atoms with E-state index in [4.69, 9.17) is 5.73 Å². The van der Waals surface area contributed by atoms with E-state index in [1.54, 1.807) is 12.3 Å². The van der Waals surface area contributed by atoms with Crippen molar-refractivity contribution in [2.75, 3.05) is 43.4 Å². The lowest BCUT2D eigenvalue weighted by atomic mass is 9.93. The normalized spacial score (nSPS) is 20.8. The average Bonchev–Trinajstić information content (AvgIpc) is 2.80. The van der Waals surface area contributed by atoms with Crippen molar-refractivity contribution in [1.29, 1.82) is 0 Å². The molecule has 2 fully saturated rings. The molecule has 0 unspecified atom stereocenters. The van der Waals surface area contributed by atoms with Gasteiger partial charge in [0.15, 0.2) is 0 Å². The molecule has 7 nitrogen and oxygen atoms in total. The molecule has 3 N–H and O–H groups in total. The fourth-order valence-corrected chi connectivity index (χ4v) is 4.62. The number of rotatable bonds is 6. The van der Waals surface area contributed by atoms with E-state index in [2.05, 4.69) is 37.2 Å². The van der Waals surface area contributed by atoms with E-state index in [1.807, 2.05) is 18.2 Å². The average molecular weight is 409 g/mol. The molecule has 0 radical (unpaired) electrons. The van der Waals surface area contributed by atoms with Gasteiger partial charge in [-0.2, -0.15) is 4.98 Å². The number of benzene rings is 1. The van der Waals surface area contributed by atoms with Crippen LogP contribution in [0, 0.1) is 5.92 Å². The minimum absolute atomic E-state index is 0.102. The van der Waals surface area contributed by atoms with Gasteiger partial charge < -0.3 is 16.0 Å². The molecule has 7 heteroatoms. The molecule has 0 saturated carbocycles. The number of aromatic nitrogens is 2. The van der Waals surface area contributed by atoms with Crippen LogP contribution in [0.2, 0.25) is 0 Å². The Morgan fingerprint density at radius 2 is 1.90 bits per heavy atom. The summed E-state index contributed by atoms with van der Waals surface area (Å²) in [5.74, 6) is 1.55. The summed E-state index contributed by atoms with van der Waals surface area (Å²) in [5.41, 5.74) is 7.06. The smallest absolute Gasteiger partial charge is 0.227 e. The number of nitrogens with zero attached hydrogens (tertiary/aromatic N) is 4. The number of piperidine rings is 2. The molecule has 0 bridgehead atoms. The van der Waals surface area contributed by atoms with Gasteiger partial charge in [0.05, 0.1) is 5.92 Å². The zero-order valence-corrected chi connectivity index (χ0v) is 17.5. The lowest BCUT2D eigenvalue weighted by Gasteiger charge is -2.42. The number of anilines is 2. The molecule has 30 heavy (non-hydrogen) atoms. The van der Waals surface area contributed by atoms with Gasteiger partial charge in [-0.15, -0.1) is 0 Å². The maximum atomic E-state index is 12.7. The highest BCUT2D eigenvalue weighted by atomic mass is 16.1. The van der Waals surface area contributed by atoms with Gasteiger partial charge in [-0.3, -0.25) is 9.69 Å². The predicted molar refractivity (Wildman–Crippen MR) is 119 cm³/mol. The lowest BCUT2D eigenvalue weighted by Crippen LogP contribution is -2.51. The highest BCUT2D eigenvalue weighted by Gasteiger charge is 2.32. The first-order valence-electron chi connectivity index (χ1n) is 11.1. The monoisotopic (exact) mass is 408 g/mol. The van der Waals surface area contributed by atoms with E-state index in [0.717, 1.165) is 64.2 Å². The third-order valence-corrected chi connectivity index (χ3v) is 6.31. The molecule has 3 heterocycles. The molecule has 2 saturated heterocycles. The van der Waals surface area contributed by atoms with E-state index in [-0.39, 0.29) is 11.8 Å². The molecule has 0 aliphatic carbocycles. The molecule has 1 aromatic heterocycles. The fraction of sp³-hybridized carbons (Fsp3) is 0.522. The molecular formula is C23H32N6O. The summed E-state index contributed by atoms with van der Waals surface area (Å²) in [7, 11) is 0. The quantitative estimate of drug-likeness (QED) is 0.761. The number of nitrogens with two attached hydrogens (primary N) is 1. The van der Waals surface area contributed by atoms with E-state index >= 15 is 0 Å². The third kappa shape index (κ3) is 5.27. The van der Waals surface area contributed by atoms with Crippen molar-refractivity contribution in [3.8, 4) is 0 Å². The molecule has 2 aromatic rings. The van der Waals surface area contributed by atoms with Crippen LogP contribution < -0.4 is 16.0 Å². The maximum absolute atomic E-state index is 12.7. The second-order valence-electron chi connectivity index (χ2n) is 8.36. The molecule has 2 aliphatic rings. The van der Waals surface area contributed by atoms with Crippen LogP contribution >= 0.6 is 0 Å². The molecule has 2 aliphatic heterocycles. The Hall–Kier alpha value is -2.67. The van der Waals surface area contributed by atoms with Crippen LogP contribution in [0.15, 0.2) is 42.6 Å².